The summed E-state index contributed by atoms with van der Waals surface area (Å²) in [6.45, 7) is 1.36. The predicted molar refractivity (Wildman–Crippen MR) is 47.8 cm³/mol. The van der Waals surface area contributed by atoms with Crippen molar-refractivity contribution < 1.29 is 9.18 Å². The van der Waals surface area contributed by atoms with Crippen LogP contribution in [0.2, 0.25) is 0 Å². The summed E-state index contributed by atoms with van der Waals surface area (Å²) >= 11 is 0. The van der Waals surface area contributed by atoms with Gasteiger partial charge < -0.3 is 0 Å². The summed E-state index contributed by atoms with van der Waals surface area (Å²) in [5.74, 6) is -0.532. The summed E-state index contributed by atoms with van der Waals surface area (Å²) in [6.07, 6.45) is 1.45. The van der Waals surface area contributed by atoms with Crippen LogP contribution in [0.15, 0.2) is 29.4 Å². The maximum absolute atomic E-state index is 12.4. The highest BCUT2D eigenvalue weighted by atomic mass is 19.1. The van der Waals surface area contributed by atoms with Gasteiger partial charge >= 0.3 is 0 Å². The Morgan fingerprint density at radius 3 is 2.62 bits per heavy atom. The number of nitrogens with zero attached hydrogens (tertiary/aromatic N) is 1. The molecular formula is C9H9FN2O. The number of hydrogen-bond acceptors (Lipinski definition) is 2. The molecule has 68 valence electrons. The summed E-state index contributed by atoms with van der Waals surface area (Å²) in [4.78, 5) is 10.4. The SMILES string of the molecule is CC(=O)N/N=C\c1ccc(F)cc1. The molecule has 1 amide bonds. The highest BCUT2D eigenvalue weighted by Crippen LogP contribution is 1.99. The first kappa shape index (κ1) is 9.38. The molecule has 0 heterocycles. The van der Waals surface area contributed by atoms with Crippen molar-refractivity contribution >= 4 is 12.1 Å². The van der Waals surface area contributed by atoms with E-state index < -0.39 is 0 Å². The van der Waals surface area contributed by atoms with Crippen molar-refractivity contribution in [3.63, 3.8) is 0 Å². The van der Waals surface area contributed by atoms with Crippen molar-refractivity contribution in [2.24, 2.45) is 5.10 Å². The molecule has 0 aliphatic heterocycles. The van der Waals surface area contributed by atoms with Gasteiger partial charge in [0, 0.05) is 6.92 Å². The van der Waals surface area contributed by atoms with E-state index in [-0.39, 0.29) is 11.7 Å². The van der Waals surface area contributed by atoms with Crippen LogP contribution >= 0.6 is 0 Å². The van der Waals surface area contributed by atoms with Gasteiger partial charge in [-0.2, -0.15) is 5.10 Å². The van der Waals surface area contributed by atoms with Crippen LogP contribution in [0.5, 0.6) is 0 Å². The lowest BCUT2D eigenvalue weighted by atomic mass is 10.2. The van der Waals surface area contributed by atoms with E-state index in [1.807, 2.05) is 0 Å². The summed E-state index contributed by atoms with van der Waals surface area (Å²) in [6, 6.07) is 5.80. The average Bonchev–Trinajstić information content (AvgIpc) is 2.08. The molecule has 1 rings (SSSR count). The Hall–Kier alpha value is -1.71. The minimum Gasteiger partial charge on any atom is -0.274 e. The van der Waals surface area contributed by atoms with Crippen molar-refractivity contribution in [2.45, 2.75) is 6.92 Å². The van der Waals surface area contributed by atoms with Gasteiger partial charge in [-0.15, -0.1) is 0 Å². The number of carbonyl (C=O) groups is 1. The van der Waals surface area contributed by atoms with Crippen LogP contribution in [0.3, 0.4) is 0 Å². The number of halogens is 1. The fraction of sp³-hybridized carbons (Fsp3) is 0.111. The number of rotatable bonds is 2. The van der Waals surface area contributed by atoms with Crippen LogP contribution in [-0.4, -0.2) is 12.1 Å². The summed E-state index contributed by atoms with van der Waals surface area (Å²) in [5, 5.41) is 3.62. The summed E-state index contributed by atoms with van der Waals surface area (Å²) in [7, 11) is 0. The normalized spacial score (nSPS) is 10.3. The van der Waals surface area contributed by atoms with Crippen molar-refractivity contribution in [2.75, 3.05) is 0 Å². The molecule has 1 aromatic carbocycles. The first-order chi connectivity index (χ1) is 6.18. The van der Waals surface area contributed by atoms with E-state index in [4.69, 9.17) is 0 Å². The van der Waals surface area contributed by atoms with Gasteiger partial charge in [0.1, 0.15) is 5.82 Å². The van der Waals surface area contributed by atoms with Gasteiger partial charge in [-0.3, -0.25) is 4.79 Å². The van der Waals surface area contributed by atoms with E-state index in [0.717, 1.165) is 5.56 Å². The molecule has 0 aromatic heterocycles. The van der Waals surface area contributed by atoms with Crippen LogP contribution in [-0.2, 0) is 4.79 Å². The molecular weight excluding hydrogens is 171 g/mol. The lowest BCUT2D eigenvalue weighted by molar-refractivity contribution is -0.118. The maximum Gasteiger partial charge on any atom is 0.236 e. The Kier molecular flexibility index (Phi) is 3.14. The quantitative estimate of drug-likeness (QED) is 0.540. The van der Waals surface area contributed by atoms with Crippen molar-refractivity contribution in [1.29, 1.82) is 0 Å². The Morgan fingerprint density at radius 2 is 2.08 bits per heavy atom. The lowest BCUT2D eigenvalue weighted by Gasteiger charge is -1.92. The number of amides is 1. The number of hydrazone groups is 1. The smallest absolute Gasteiger partial charge is 0.236 e. The zero-order valence-electron chi connectivity index (χ0n) is 7.12. The molecule has 0 fully saturated rings. The molecule has 0 bridgehead atoms. The number of hydrogen-bond donors (Lipinski definition) is 1. The standard InChI is InChI=1S/C9H9FN2O/c1-7(13)12-11-6-8-2-4-9(10)5-3-8/h2-6H,1H3,(H,12,13)/b11-6-. The largest absolute Gasteiger partial charge is 0.274 e. The van der Waals surface area contributed by atoms with E-state index >= 15 is 0 Å². The number of carbonyl (C=O) groups excluding carboxylic acids is 1. The van der Waals surface area contributed by atoms with Crippen molar-refractivity contribution in [3.8, 4) is 0 Å². The highest BCUT2D eigenvalue weighted by molar-refractivity contribution is 5.81. The molecule has 4 heteroatoms. The third-order valence-electron chi connectivity index (χ3n) is 1.31. The first-order valence-corrected chi connectivity index (χ1v) is 3.73. The molecule has 13 heavy (non-hydrogen) atoms. The van der Waals surface area contributed by atoms with E-state index in [9.17, 15) is 9.18 Å². The molecule has 0 unspecified atom stereocenters. The van der Waals surface area contributed by atoms with E-state index in [0.29, 0.717) is 0 Å². The molecule has 0 aliphatic carbocycles. The van der Waals surface area contributed by atoms with Crippen LogP contribution in [0.25, 0.3) is 0 Å². The van der Waals surface area contributed by atoms with Gasteiger partial charge in [-0.25, -0.2) is 9.82 Å². The maximum atomic E-state index is 12.4. The molecule has 0 saturated heterocycles. The minimum absolute atomic E-state index is 0.238. The van der Waals surface area contributed by atoms with Crippen LogP contribution in [0.1, 0.15) is 12.5 Å². The van der Waals surface area contributed by atoms with Crippen LogP contribution in [0.4, 0.5) is 4.39 Å². The molecule has 3 nitrogen and oxygen atoms in total. The second-order valence-corrected chi connectivity index (χ2v) is 2.48. The third kappa shape index (κ3) is 3.46. The Bertz CT molecular complexity index is 319. The van der Waals surface area contributed by atoms with Crippen LogP contribution < -0.4 is 5.43 Å². The Morgan fingerprint density at radius 1 is 1.46 bits per heavy atom. The van der Waals surface area contributed by atoms with Crippen molar-refractivity contribution in [3.05, 3.63) is 35.6 Å². The van der Waals surface area contributed by atoms with Gasteiger partial charge in [0.25, 0.3) is 0 Å². The Balaban J connectivity index is 2.59. The molecule has 0 saturated carbocycles. The Labute approximate surface area is 75.3 Å². The molecule has 0 aliphatic rings. The monoisotopic (exact) mass is 180 g/mol. The minimum atomic E-state index is -0.295. The second-order valence-electron chi connectivity index (χ2n) is 2.48. The average molecular weight is 180 g/mol. The molecule has 0 atom stereocenters. The molecule has 0 spiro atoms. The zero-order chi connectivity index (χ0) is 9.68. The summed E-state index contributed by atoms with van der Waals surface area (Å²) in [5.41, 5.74) is 2.98. The fourth-order valence-corrected chi connectivity index (χ4v) is 0.747. The summed E-state index contributed by atoms with van der Waals surface area (Å²) < 4.78 is 12.4. The second kappa shape index (κ2) is 4.35. The van der Waals surface area contributed by atoms with Gasteiger partial charge in [0.15, 0.2) is 0 Å². The van der Waals surface area contributed by atoms with E-state index in [2.05, 4.69) is 10.5 Å². The first-order valence-electron chi connectivity index (χ1n) is 3.73. The van der Waals surface area contributed by atoms with E-state index in [1.54, 1.807) is 12.1 Å². The highest BCUT2D eigenvalue weighted by Gasteiger charge is 1.89. The molecule has 1 N–H and O–H groups in total. The van der Waals surface area contributed by atoms with Crippen LogP contribution in [0, 0.1) is 5.82 Å². The van der Waals surface area contributed by atoms with E-state index in [1.165, 1.54) is 25.3 Å². The van der Waals surface area contributed by atoms with Gasteiger partial charge in [0.05, 0.1) is 6.21 Å². The van der Waals surface area contributed by atoms with Gasteiger partial charge in [-0.05, 0) is 17.7 Å². The number of nitrogens with one attached hydrogen (secondary N) is 1. The zero-order valence-corrected chi connectivity index (χ0v) is 7.12. The predicted octanol–water partition coefficient (Wildman–Crippen LogP) is 1.30. The lowest BCUT2D eigenvalue weighted by Crippen LogP contribution is -2.12. The van der Waals surface area contributed by atoms with Gasteiger partial charge in [0.2, 0.25) is 5.91 Å². The number of benzene rings is 1. The van der Waals surface area contributed by atoms with Crippen molar-refractivity contribution in [1.82, 2.24) is 5.43 Å². The van der Waals surface area contributed by atoms with Gasteiger partial charge in [-0.1, -0.05) is 12.1 Å². The third-order valence-corrected chi connectivity index (χ3v) is 1.31. The molecule has 1 aromatic rings. The fourth-order valence-electron chi connectivity index (χ4n) is 0.747. The topological polar surface area (TPSA) is 41.5 Å². The molecule has 0 radical (unpaired) electrons.